The van der Waals surface area contributed by atoms with Gasteiger partial charge in [-0.25, -0.2) is 0 Å². The van der Waals surface area contributed by atoms with Gasteiger partial charge in [-0.1, -0.05) is 39.0 Å². The number of hydrogen-bond acceptors (Lipinski definition) is 2. The Morgan fingerprint density at radius 3 is 2.50 bits per heavy atom. The molecule has 1 N–H and O–H groups in total. The molecular weight excluding hydrogens is 246 g/mol. The first kappa shape index (κ1) is 16.3. The zero-order chi connectivity index (χ0) is 12.1. The Morgan fingerprint density at radius 2 is 1.78 bits per heavy atom. The van der Waals surface area contributed by atoms with E-state index in [2.05, 4.69) is 11.8 Å². The lowest BCUT2D eigenvalue weighted by molar-refractivity contribution is 0.0685. The second kappa shape index (κ2) is 8.39. The fraction of sp³-hybridized carbons (Fsp3) is 1.00. The molecule has 3 atom stereocenters. The lowest BCUT2D eigenvalue weighted by Crippen LogP contribution is -2.40. The lowest BCUT2D eigenvalue weighted by Gasteiger charge is -2.43. The molecule has 0 aromatic rings. The van der Waals surface area contributed by atoms with Crippen LogP contribution in [-0.2, 0) is 0 Å². The van der Waals surface area contributed by atoms with Crippen LogP contribution >= 0.6 is 12.4 Å². The van der Waals surface area contributed by atoms with E-state index in [9.17, 15) is 0 Å². The van der Waals surface area contributed by atoms with Crippen LogP contribution in [0.5, 0.6) is 0 Å². The minimum Gasteiger partial charge on any atom is -0.395 e. The smallest absolute Gasteiger partial charge is 0.0558 e. The third kappa shape index (κ3) is 4.11. The largest absolute Gasteiger partial charge is 0.395 e. The maximum atomic E-state index is 9.09. The number of rotatable bonds is 5. The SMILES string of the molecule is CCN(CCO)C[C@H]1CCC[C@H]2CCCC[C@@H]21.Cl. The van der Waals surface area contributed by atoms with Crippen LogP contribution < -0.4 is 0 Å². The third-order valence-electron chi connectivity index (χ3n) is 5.08. The molecule has 0 saturated heterocycles. The molecule has 0 bridgehead atoms. The Morgan fingerprint density at radius 1 is 1.06 bits per heavy atom. The molecule has 0 amide bonds. The minimum absolute atomic E-state index is 0. The summed E-state index contributed by atoms with van der Waals surface area (Å²) >= 11 is 0. The first-order valence-electron chi connectivity index (χ1n) is 7.68. The maximum Gasteiger partial charge on any atom is 0.0558 e. The van der Waals surface area contributed by atoms with Gasteiger partial charge >= 0.3 is 0 Å². The van der Waals surface area contributed by atoms with Crippen LogP contribution in [0.3, 0.4) is 0 Å². The molecule has 0 aromatic heterocycles. The van der Waals surface area contributed by atoms with Crippen LogP contribution in [0.25, 0.3) is 0 Å². The van der Waals surface area contributed by atoms with Crippen molar-refractivity contribution in [2.24, 2.45) is 17.8 Å². The van der Waals surface area contributed by atoms with Crippen LogP contribution in [0.15, 0.2) is 0 Å². The highest BCUT2D eigenvalue weighted by molar-refractivity contribution is 5.85. The van der Waals surface area contributed by atoms with Crippen molar-refractivity contribution in [2.45, 2.75) is 51.9 Å². The highest BCUT2D eigenvalue weighted by Gasteiger charge is 2.35. The van der Waals surface area contributed by atoms with Crippen LogP contribution in [0.1, 0.15) is 51.9 Å². The molecule has 0 spiro atoms. The number of aliphatic hydroxyl groups is 1. The van der Waals surface area contributed by atoms with Crippen LogP contribution in [-0.4, -0.2) is 36.2 Å². The van der Waals surface area contributed by atoms with E-state index in [0.29, 0.717) is 6.61 Å². The lowest BCUT2D eigenvalue weighted by atomic mass is 9.65. The third-order valence-corrected chi connectivity index (χ3v) is 5.08. The van der Waals surface area contributed by atoms with Gasteiger partial charge in [0.25, 0.3) is 0 Å². The molecule has 2 aliphatic carbocycles. The summed E-state index contributed by atoms with van der Waals surface area (Å²) in [6.45, 7) is 5.72. The van der Waals surface area contributed by atoms with Crippen molar-refractivity contribution in [1.82, 2.24) is 4.90 Å². The van der Waals surface area contributed by atoms with Gasteiger partial charge in [-0.2, -0.15) is 0 Å². The summed E-state index contributed by atoms with van der Waals surface area (Å²) in [5.74, 6) is 2.96. The van der Waals surface area contributed by atoms with Gasteiger partial charge in [0.2, 0.25) is 0 Å². The van der Waals surface area contributed by atoms with Gasteiger partial charge < -0.3 is 10.0 Å². The van der Waals surface area contributed by atoms with Gasteiger partial charge in [0.1, 0.15) is 0 Å². The fourth-order valence-corrected chi connectivity index (χ4v) is 4.15. The van der Waals surface area contributed by atoms with Crippen molar-refractivity contribution in [3.8, 4) is 0 Å². The van der Waals surface area contributed by atoms with E-state index in [4.69, 9.17) is 5.11 Å². The van der Waals surface area contributed by atoms with E-state index >= 15 is 0 Å². The quantitative estimate of drug-likeness (QED) is 0.832. The van der Waals surface area contributed by atoms with E-state index in [0.717, 1.165) is 30.8 Å². The van der Waals surface area contributed by atoms with Gasteiger partial charge in [-0.05, 0) is 37.1 Å². The average Bonchev–Trinajstić information content (AvgIpc) is 2.38. The molecule has 2 fully saturated rings. The standard InChI is InChI=1S/C15H29NO.ClH/c1-2-16(10-11-17)12-14-8-5-7-13-6-3-4-9-15(13)14;/h13-15,17H,2-12H2,1H3;1H/t13-,14-,15+;/m1./s1. The molecule has 2 rings (SSSR count). The topological polar surface area (TPSA) is 23.5 Å². The summed E-state index contributed by atoms with van der Waals surface area (Å²) in [5, 5.41) is 9.09. The number of fused-ring (bicyclic) bond motifs is 1. The van der Waals surface area contributed by atoms with Gasteiger partial charge in [0, 0.05) is 13.1 Å². The Labute approximate surface area is 119 Å². The van der Waals surface area contributed by atoms with Gasteiger partial charge in [0.15, 0.2) is 0 Å². The maximum absolute atomic E-state index is 9.09. The predicted molar refractivity (Wildman–Crippen MR) is 79.2 cm³/mol. The van der Waals surface area contributed by atoms with Crippen molar-refractivity contribution in [3.63, 3.8) is 0 Å². The van der Waals surface area contributed by atoms with Crippen LogP contribution in [0, 0.1) is 17.8 Å². The molecule has 2 aliphatic rings. The number of nitrogens with zero attached hydrogens (tertiary/aromatic N) is 1. The Balaban J connectivity index is 0.00000162. The molecule has 0 aromatic carbocycles. The highest BCUT2D eigenvalue weighted by atomic mass is 35.5. The van der Waals surface area contributed by atoms with E-state index in [1.54, 1.807) is 0 Å². The minimum atomic E-state index is 0. The molecule has 2 saturated carbocycles. The number of hydrogen-bond donors (Lipinski definition) is 1. The number of aliphatic hydroxyl groups excluding tert-OH is 1. The normalized spacial score (nSPS) is 31.8. The van der Waals surface area contributed by atoms with Gasteiger partial charge in [-0.15, -0.1) is 12.4 Å². The molecule has 0 unspecified atom stereocenters. The predicted octanol–water partition coefficient (Wildman–Crippen LogP) is 3.33. The number of likely N-dealkylation sites (N-methyl/N-ethyl adjacent to an activating group) is 1. The molecular formula is C15H30ClNO. The van der Waals surface area contributed by atoms with E-state index < -0.39 is 0 Å². The summed E-state index contributed by atoms with van der Waals surface area (Å²) in [7, 11) is 0. The first-order valence-corrected chi connectivity index (χ1v) is 7.68. The molecule has 0 radical (unpaired) electrons. The molecule has 3 heteroatoms. The molecule has 0 heterocycles. The van der Waals surface area contributed by atoms with Crippen molar-refractivity contribution >= 4 is 12.4 Å². The highest BCUT2D eigenvalue weighted by Crippen LogP contribution is 2.43. The van der Waals surface area contributed by atoms with Gasteiger partial charge in [0.05, 0.1) is 6.61 Å². The Bertz CT molecular complexity index is 223. The van der Waals surface area contributed by atoms with Crippen LogP contribution in [0.2, 0.25) is 0 Å². The second-order valence-electron chi connectivity index (χ2n) is 6.02. The summed E-state index contributed by atoms with van der Waals surface area (Å²) in [6, 6.07) is 0. The van der Waals surface area contributed by atoms with E-state index in [-0.39, 0.29) is 12.4 Å². The zero-order valence-electron chi connectivity index (χ0n) is 11.8. The molecule has 2 nitrogen and oxygen atoms in total. The van der Waals surface area contributed by atoms with Crippen molar-refractivity contribution in [3.05, 3.63) is 0 Å². The molecule has 108 valence electrons. The monoisotopic (exact) mass is 275 g/mol. The van der Waals surface area contributed by atoms with E-state index in [1.165, 1.54) is 51.5 Å². The van der Waals surface area contributed by atoms with Gasteiger partial charge in [-0.3, -0.25) is 0 Å². The molecule has 18 heavy (non-hydrogen) atoms. The summed E-state index contributed by atoms with van der Waals surface area (Å²) in [5.41, 5.74) is 0. The Hall–Kier alpha value is 0.210. The second-order valence-corrected chi connectivity index (χ2v) is 6.02. The van der Waals surface area contributed by atoms with Crippen molar-refractivity contribution < 1.29 is 5.11 Å². The molecule has 0 aliphatic heterocycles. The number of halogens is 1. The average molecular weight is 276 g/mol. The van der Waals surface area contributed by atoms with Crippen molar-refractivity contribution in [1.29, 1.82) is 0 Å². The fourth-order valence-electron chi connectivity index (χ4n) is 4.15. The summed E-state index contributed by atoms with van der Waals surface area (Å²) in [6.07, 6.45) is 10.3. The zero-order valence-corrected chi connectivity index (χ0v) is 12.6. The van der Waals surface area contributed by atoms with Crippen molar-refractivity contribution in [2.75, 3.05) is 26.2 Å². The van der Waals surface area contributed by atoms with Crippen LogP contribution in [0.4, 0.5) is 0 Å². The first-order chi connectivity index (χ1) is 8.35. The Kier molecular flexibility index (Phi) is 7.59. The summed E-state index contributed by atoms with van der Waals surface area (Å²) in [4.78, 5) is 2.45. The summed E-state index contributed by atoms with van der Waals surface area (Å²) < 4.78 is 0. The van der Waals surface area contributed by atoms with E-state index in [1.807, 2.05) is 0 Å².